The van der Waals surface area contributed by atoms with Crippen LogP contribution in [-0.2, 0) is 14.8 Å². The predicted octanol–water partition coefficient (Wildman–Crippen LogP) is 1.92. The standard InChI is InChI=1S/C13H18FNO4S/c1-13(2,3)12(9-4-6-10(14)7-5-9)15-20(18,19)8-11(16)17/h4-7,12,15H,8H2,1-3H3,(H,16,17). The molecule has 1 rings (SSSR count). The number of hydrogen-bond donors (Lipinski definition) is 2. The van der Waals surface area contributed by atoms with Gasteiger partial charge in [-0.25, -0.2) is 17.5 Å². The van der Waals surface area contributed by atoms with Crippen LogP contribution in [0.2, 0.25) is 0 Å². The minimum Gasteiger partial charge on any atom is -0.480 e. The van der Waals surface area contributed by atoms with Gasteiger partial charge in [-0.05, 0) is 23.1 Å². The van der Waals surface area contributed by atoms with E-state index >= 15 is 0 Å². The van der Waals surface area contributed by atoms with Crippen molar-refractivity contribution in [3.05, 3.63) is 35.6 Å². The number of rotatable bonds is 5. The summed E-state index contributed by atoms with van der Waals surface area (Å²) in [6, 6.07) is 4.79. The van der Waals surface area contributed by atoms with Crippen molar-refractivity contribution >= 4 is 16.0 Å². The molecular weight excluding hydrogens is 285 g/mol. The summed E-state index contributed by atoms with van der Waals surface area (Å²) >= 11 is 0. The van der Waals surface area contributed by atoms with Gasteiger partial charge in [0.05, 0.1) is 6.04 Å². The predicted molar refractivity (Wildman–Crippen MR) is 73.2 cm³/mol. The van der Waals surface area contributed by atoms with Crippen LogP contribution in [0.25, 0.3) is 0 Å². The Morgan fingerprint density at radius 3 is 2.20 bits per heavy atom. The van der Waals surface area contributed by atoms with Crippen LogP contribution in [0.3, 0.4) is 0 Å². The van der Waals surface area contributed by atoms with Crippen molar-refractivity contribution in [2.45, 2.75) is 26.8 Å². The van der Waals surface area contributed by atoms with Crippen LogP contribution in [0.5, 0.6) is 0 Å². The molecular formula is C13H18FNO4S. The lowest BCUT2D eigenvalue weighted by atomic mass is 9.83. The van der Waals surface area contributed by atoms with Crippen molar-refractivity contribution in [1.82, 2.24) is 4.72 Å². The second kappa shape index (κ2) is 5.88. The maximum atomic E-state index is 12.9. The van der Waals surface area contributed by atoms with Crippen LogP contribution in [0, 0.1) is 11.2 Å². The van der Waals surface area contributed by atoms with Gasteiger partial charge in [0.15, 0.2) is 5.75 Å². The van der Waals surface area contributed by atoms with Crippen molar-refractivity contribution < 1.29 is 22.7 Å². The molecule has 0 aliphatic carbocycles. The van der Waals surface area contributed by atoms with Crippen LogP contribution in [0.15, 0.2) is 24.3 Å². The molecule has 0 saturated heterocycles. The second-order valence-corrected chi connectivity index (χ2v) is 7.38. The highest BCUT2D eigenvalue weighted by atomic mass is 32.2. The minimum absolute atomic E-state index is 0.421. The molecule has 7 heteroatoms. The van der Waals surface area contributed by atoms with E-state index in [1.54, 1.807) is 0 Å². The fourth-order valence-electron chi connectivity index (χ4n) is 1.78. The number of carbonyl (C=O) groups is 1. The fraction of sp³-hybridized carbons (Fsp3) is 0.462. The largest absolute Gasteiger partial charge is 0.480 e. The number of hydrogen-bond acceptors (Lipinski definition) is 3. The third-order valence-electron chi connectivity index (χ3n) is 2.68. The van der Waals surface area contributed by atoms with Crippen LogP contribution in [0.4, 0.5) is 4.39 Å². The highest BCUT2D eigenvalue weighted by Gasteiger charge is 2.31. The van der Waals surface area contributed by atoms with E-state index < -0.39 is 39.0 Å². The lowest BCUT2D eigenvalue weighted by molar-refractivity contribution is -0.134. The molecule has 2 N–H and O–H groups in total. The highest BCUT2D eigenvalue weighted by molar-refractivity contribution is 7.90. The summed E-state index contributed by atoms with van der Waals surface area (Å²) in [6.07, 6.45) is 0. The molecule has 1 aromatic carbocycles. The quantitative estimate of drug-likeness (QED) is 0.870. The Hall–Kier alpha value is -1.47. The average molecular weight is 303 g/mol. The molecule has 0 bridgehead atoms. The molecule has 1 unspecified atom stereocenters. The van der Waals surface area contributed by atoms with Crippen LogP contribution >= 0.6 is 0 Å². The highest BCUT2D eigenvalue weighted by Crippen LogP contribution is 2.33. The number of carboxylic acid groups (broad SMARTS) is 1. The third kappa shape index (κ3) is 4.90. The number of carboxylic acids is 1. The van der Waals surface area contributed by atoms with Gasteiger partial charge in [-0.1, -0.05) is 32.9 Å². The monoisotopic (exact) mass is 303 g/mol. The van der Waals surface area contributed by atoms with Crippen molar-refractivity contribution in [3.63, 3.8) is 0 Å². The van der Waals surface area contributed by atoms with E-state index in [1.165, 1.54) is 24.3 Å². The first kappa shape index (κ1) is 16.6. The van der Waals surface area contributed by atoms with E-state index in [0.717, 1.165) is 0 Å². The number of nitrogens with one attached hydrogen (secondary N) is 1. The first-order valence-corrected chi connectivity index (χ1v) is 7.64. The summed E-state index contributed by atoms with van der Waals surface area (Å²) in [5, 5.41) is 8.60. The summed E-state index contributed by atoms with van der Waals surface area (Å²) in [6.45, 7) is 5.43. The number of benzene rings is 1. The van der Waals surface area contributed by atoms with Crippen molar-refractivity contribution in [2.75, 3.05) is 5.75 Å². The van der Waals surface area contributed by atoms with Crippen molar-refractivity contribution in [2.24, 2.45) is 5.41 Å². The number of aliphatic carboxylic acids is 1. The Bertz CT molecular complexity index is 575. The van der Waals surface area contributed by atoms with Gasteiger partial charge in [0.1, 0.15) is 5.82 Å². The van der Waals surface area contributed by atoms with E-state index in [4.69, 9.17) is 5.11 Å². The van der Waals surface area contributed by atoms with Gasteiger partial charge in [0.2, 0.25) is 10.0 Å². The summed E-state index contributed by atoms with van der Waals surface area (Å²) < 4.78 is 38.9. The van der Waals surface area contributed by atoms with E-state index in [1.807, 2.05) is 20.8 Å². The third-order valence-corrected chi connectivity index (χ3v) is 3.90. The molecule has 1 atom stereocenters. The van der Waals surface area contributed by atoms with E-state index in [9.17, 15) is 17.6 Å². The Morgan fingerprint density at radius 1 is 1.30 bits per heavy atom. The van der Waals surface area contributed by atoms with Crippen molar-refractivity contribution in [1.29, 1.82) is 0 Å². The Kier molecular flexibility index (Phi) is 4.88. The molecule has 0 aromatic heterocycles. The average Bonchev–Trinajstić information content (AvgIpc) is 2.24. The fourth-order valence-corrected chi connectivity index (χ4v) is 3.04. The molecule has 0 spiro atoms. The Morgan fingerprint density at radius 2 is 1.80 bits per heavy atom. The van der Waals surface area contributed by atoms with Crippen LogP contribution in [-0.4, -0.2) is 25.2 Å². The molecule has 5 nitrogen and oxygen atoms in total. The molecule has 0 saturated carbocycles. The Balaban J connectivity index is 3.09. The normalized spacial score (nSPS) is 14.0. The van der Waals surface area contributed by atoms with Crippen LogP contribution in [0.1, 0.15) is 32.4 Å². The molecule has 0 aliphatic heterocycles. The van der Waals surface area contributed by atoms with Gasteiger partial charge in [-0.2, -0.15) is 0 Å². The van der Waals surface area contributed by atoms with Crippen LogP contribution < -0.4 is 4.72 Å². The summed E-state index contributed by atoms with van der Waals surface area (Å²) in [4.78, 5) is 10.6. The second-order valence-electron chi connectivity index (χ2n) is 5.62. The van der Waals surface area contributed by atoms with Gasteiger partial charge < -0.3 is 5.11 Å². The van der Waals surface area contributed by atoms with E-state index in [2.05, 4.69) is 4.72 Å². The molecule has 0 amide bonds. The zero-order valence-electron chi connectivity index (χ0n) is 11.6. The van der Waals surface area contributed by atoms with E-state index in [-0.39, 0.29) is 0 Å². The molecule has 0 radical (unpaired) electrons. The molecule has 1 aromatic rings. The maximum absolute atomic E-state index is 12.9. The van der Waals surface area contributed by atoms with Gasteiger partial charge in [0, 0.05) is 0 Å². The molecule has 20 heavy (non-hydrogen) atoms. The lowest BCUT2D eigenvalue weighted by Crippen LogP contribution is -2.39. The van der Waals surface area contributed by atoms with Gasteiger partial charge in [0.25, 0.3) is 0 Å². The van der Waals surface area contributed by atoms with Gasteiger partial charge in [-0.15, -0.1) is 0 Å². The summed E-state index contributed by atoms with van der Waals surface area (Å²) in [7, 11) is -3.96. The topological polar surface area (TPSA) is 83.5 Å². The SMILES string of the molecule is CC(C)(C)C(NS(=O)(=O)CC(=O)O)c1ccc(F)cc1. The zero-order chi connectivity index (χ0) is 15.6. The first-order chi connectivity index (χ1) is 9.01. The van der Waals surface area contributed by atoms with Crippen molar-refractivity contribution in [3.8, 4) is 0 Å². The van der Waals surface area contributed by atoms with Gasteiger partial charge in [-0.3, -0.25) is 4.79 Å². The minimum atomic E-state index is -3.96. The molecule has 112 valence electrons. The summed E-state index contributed by atoms with van der Waals surface area (Å²) in [5.74, 6) is -2.85. The molecule has 0 aliphatic rings. The Labute approximate surface area is 117 Å². The smallest absolute Gasteiger partial charge is 0.320 e. The zero-order valence-corrected chi connectivity index (χ0v) is 12.4. The van der Waals surface area contributed by atoms with Gasteiger partial charge >= 0.3 is 5.97 Å². The lowest BCUT2D eigenvalue weighted by Gasteiger charge is -2.31. The molecule has 0 fully saturated rings. The number of sulfonamides is 1. The number of halogens is 1. The van der Waals surface area contributed by atoms with E-state index in [0.29, 0.717) is 5.56 Å². The first-order valence-electron chi connectivity index (χ1n) is 5.98. The maximum Gasteiger partial charge on any atom is 0.320 e. The molecule has 0 heterocycles. The summed E-state index contributed by atoms with van der Waals surface area (Å²) in [5.41, 5.74) is 0.0801.